The van der Waals surface area contributed by atoms with Crippen LogP contribution in [0.3, 0.4) is 0 Å². The van der Waals surface area contributed by atoms with E-state index < -0.39 is 0 Å². The van der Waals surface area contributed by atoms with Crippen LogP contribution in [0.4, 0.5) is 0 Å². The average Bonchev–Trinajstić information content (AvgIpc) is 3.60. The fourth-order valence-electron chi connectivity index (χ4n) is 4.55. The van der Waals surface area contributed by atoms with Gasteiger partial charge in [-0.25, -0.2) is 5.43 Å². The normalized spacial score (nSPS) is 17.3. The molecule has 0 bridgehead atoms. The predicted molar refractivity (Wildman–Crippen MR) is 126 cm³/mol. The van der Waals surface area contributed by atoms with Gasteiger partial charge in [-0.15, -0.1) is 0 Å². The minimum absolute atomic E-state index is 0.0344. The highest BCUT2D eigenvalue weighted by Gasteiger charge is 2.60. The SMILES string of the molecule is CC(=NNC(=O)C1CC1(c1ccccc1)c1ccccc1)c1ccc2ccccc2c1. The second-order valence-corrected chi connectivity index (χ2v) is 8.20. The summed E-state index contributed by atoms with van der Waals surface area (Å²) in [6, 6.07) is 35.1. The Labute approximate surface area is 182 Å². The summed E-state index contributed by atoms with van der Waals surface area (Å²) in [5, 5.41) is 6.79. The van der Waals surface area contributed by atoms with Gasteiger partial charge in [-0.05, 0) is 46.9 Å². The van der Waals surface area contributed by atoms with Crippen LogP contribution in [0.1, 0.15) is 30.0 Å². The molecule has 4 aromatic rings. The monoisotopic (exact) mass is 404 g/mol. The topological polar surface area (TPSA) is 41.5 Å². The van der Waals surface area contributed by atoms with Gasteiger partial charge in [0.1, 0.15) is 0 Å². The molecule has 3 heteroatoms. The maximum Gasteiger partial charge on any atom is 0.244 e. The van der Waals surface area contributed by atoms with Gasteiger partial charge in [0.25, 0.3) is 0 Å². The van der Waals surface area contributed by atoms with Gasteiger partial charge in [-0.2, -0.15) is 5.10 Å². The van der Waals surface area contributed by atoms with Gasteiger partial charge < -0.3 is 0 Å². The molecule has 1 aliphatic rings. The molecule has 3 nitrogen and oxygen atoms in total. The largest absolute Gasteiger partial charge is 0.273 e. The van der Waals surface area contributed by atoms with Crippen LogP contribution in [0.25, 0.3) is 10.8 Å². The molecule has 5 rings (SSSR count). The summed E-state index contributed by atoms with van der Waals surface area (Å²) in [4.78, 5) is 13.1. The first-order valence-electron chi connectivity index (χ1n) is 10.6. The van der Waals surface area contributed by atoms with Gasteiger partial charge in [0.2, 0.25) is 5.91 Å². The number of benzene rings is 4. The van der Waals surface area contributed by atoms with Crippen molar-refractivity contribution in [3.63, 3.8) is 0 Å². The van der Waals surface area contributed by atoms with E-state index in [0.717, 1.165) is 23.1 Å². The first-order valence-corrected chi connectivity index (χ1v) is 10.6. The summed E-state index contributed by atoms with van der Waals surface area (Å²) in [5.41, 5.74) is 6.71. The highest BCUT2D eigenvalue weighted by atomic mass is 16.2. The van der Waals surface area contributed by atoms with Crippen molar-refractivity contribution in [2.75, 3.05) is 0 Å². The van der Waals surface area contributed by atoms with Gasteiger partial charge in [0.05, 0.1) is 11.6 Å². The minimum atomic E-state index is -0.279. The number of amides is 1. The van der Waals surface area contributed by atoms with Crippen LogP contribution in [0.2, 0.25) is 0 Å². The summed E-state index contributed by atoms with van der Waals surface area (Å²) < 4.78 is 0. The van der Waals surface area contributed by atoms with Crippen LogP contribution in [-0.2, 0) is 10.2 Å². The summed E-state index contributed by atoms with van der Waals surface area (Å²) in [7, 11) is 0. The molecule has 1 aliphatic carbocycles. The molecule has 0 spiro atoms. The van der Waals surface area contributed by atoms with E-state index in [1.54, 1.807) is 0 Å². The van der Waals surface area contributed by atoms with Crippen LogP contribution in [0, 0.1) is 5.92 Å². The molecule has 31 heavy (non-hydrogen) atoms. The van der Waals surface area contributed by atoms with Crippen LogP contribution < -0.4 is 5.43 Å². The second kappa shape index (κ2) is 7.84. The molecule has 0 saturated heterocycles. The third-order valence-corrected chi connectivity index (χ3v) is 6.36. The fourth-order valence-corrected chi connectivity index (χ4v) is 4.55. The van der Waals surface area contributed by atoms with Crippen molar-refractivity contribution >= 4 is 22.4 Å². The van der Waals surface area contributed by atoms with Crippen molar-refractivity contribution in [2.24, 2.45) is 11.0 Å². The molecule has 1 atom stereocenters. The van der Waals surface area contributed by atoms with Crippen molar-refractivity contribution in [3.8, 4) is 0 Å². The first-order chi connectivity index (χ1) is 15.2. The number of hydrazone groups is 1. The zero-order valence-electron chi connectivity index (χ0n) is 17.5. The molecule has 4 aromatic carbocycles. The number of nitrogens with zero attached hydrogens (tertiary/aromatic N) is 1. The van der Waals surface area contributed by atoms with E-state index in [1.807, 2.05) is 61.5 Å². The van der Waals surface area contributed by atoms with Gasteiger partial charge in [-0.3, -0.25) is 4.79 Å². The van der Waals surface area contributed by atoms with Crippen LogP contribution in [-0.4, -0.2) is 11.6 Å². The maximum atomic E-state index is 13.1. The molecule has 1 fully saturated rings. The molecular formula is C28H24N2O. The zero-order chi connectivity index (χ0) is 21.3. The van der Waals surface area contributed by atoms with Crippen LogP contribution in [0.15, 0.2) is 108 Å². The van der Waals surface area contributed by atoms with E-state index in [1.165, 1.54) is 16.5 Å². The third kappa shape index (κ3) is 3.53. The Morgan fingerprint density at radius 3 is 2.03 bits per heavy atom. The number of nitrogens with one attached hydrogen (secondary N) is 1. The van der Waals surface area contributed by atoms with Crippen molar-refractivity contribution in [1.29, 1.82) is 0 Å². The Morgan fingerprint density at radius 2 is 1.39 bits per heavy atom. The number of carbonyl (C=O) groups is 1. The van der Waals surface area contributed by atoms with Gasteiger partial charge in [0.15, 0.2) is 0 Å². The van der Waals surface area contributed by atoms with E-state index in [4.69, 9.17) is 0 Å². The van der Waals surface area contributed by atoms with Gasteiger partial charge in [-0.1, -0.05) is 97.1 Å². The fraction of sp³-hybridized carbons (Fsp3) is 0.143. The smallest absolute Gasteiger partial charge is 0.244 e. The molecule has 0 aromatic heterocycles. The van der Waals surface area contributed by atoms with Crippen molar-refractivity contribution < 1.29 is 4.79 Å². The van der Waals surface area contributed by atoms with E-state index >= 15 is 0 Å². The Morgan fingerprint density at radius 1 is 0.806 bits per heavy atom. The molecular weight excluding hydrogens is 380 g/mol. The maximum absolute atomic E-state index is 13.1. The van der Waals surface area contributed by atoms with E-state index in [0.29, 0.717) is 0 Å². The number of fused-ring (bicyclic) bond motifs is 1. The first kappa shape index (κ1) is 19.3. The Bertz CT molecular complexity index is 1220. The number of hydrogen-bond acceptors (Lipinski definition) is 2. The molecule has 0 aliphatic heterocycles. The molecule has 152 valence electrons. The zero-order valence-corrected chi connectivity index (χ0v) is 17.5. The quantitative estimate of drug-likeness (QED) is 0.337. The molecule has 1 N–H and O–H groups in total. The van der Waals surface area contributed by atoms with Crippen molar-refractivity contribution in [1.82, 2.24) is 5.43 Å². The highest BCUT2D eigenvalue weighted by molar-refractivity contribution is 6.02. The van der Waals surface area contributed by atoms with Gasteiger partial charge in [0, 0.05) is 5.41 Å². The van der Waals surface area contributed by atoms with Crippen molar-refractivity contribution in [3.05, 3.63) is 120 Å². The summed E-state index contributed by atoms with van der Waals surface area (Å²) in [6.45, 7) is 1.93. The molecule has 1 unspecified atom stereocenters. The number of rotatable bonds is 5. The number of carbonyl (C=O) groups excluding carboxylic acids is 1. The van der Waals surface area contributed by atoms with E-state index in [9.17, 15) is 4.79 Å². The lowest BCUT2D eigenvalue weighted by atomic mass is 9.85. The Kier molecular flexibility index (Phi) is 4.87. The minimum Gasteiger partial charge on any atom is -0.273 e. The van der Waals surface area contributed by atoms with E-state index in [-0.39, 0.29) is 17.2 Å². The van der Waals surface area contributed by atoms with Gasteiger partial charge >= 0.3 is 0 Å². The summed E-state index contributed by atoms with van der Waals surface area (Å²) in [5.74, 6) is -0.168. The predicted octanol–water partition coefficient (Wildman–Crippen LogP) is 5.69. The number of hydrogen-bond donors (Lipinski definition) is 1. The summed E-state index contributed by atoms with van der Waals surface area (Å²) >= 11 is 0. The second-order valence-electron chi connectivity index (χ2n) is 8.20. The molecule has 1 saturated carbocycles. The summed E-state index contributed by atoms with van der Waals surface area (Å²) in [6.07, 6.45) is 0.789. The lowest BCUT2D eigenvalue weighted by Gasteiger charge is -2.18. The Balaban J connectivity index is 1.38. The van der Waals surface area contributed by atoms with E-state index in [2.05, 4.69) is 59.1 Å². The molecule has 0 radical (unpaired) electrons. The third-order valence-electron chi connectivity index (χ3n) is 6.36. The van der Waals surface area contributed by atoms with Crippen molar-refractivity contribution in [2.45, 2.75) is 18.8 Å². The highest BCUT2D eigenvalue weighted by Crippen LogP contribution is 2.58. The van der Waals surface area contributed by atoms with Crippen LogP contribution in [0.5, 0.6) is 0 Å². The Hall–Kier alpha value is -3.72. The standard InChI is InChI=1S/C28H24N2O/c1-20(22-17-16-21-10-8-9-11-23(21)18-22)29-30-27(31)26-19-28(26,24-12-4-2-5-13-24)25-14-6-3-7-15-25/h2-18,26H,19H2,1H3,(H,30,31). The molecule has 1 amide bonds. The average molecular weight is 405 g/mol. The molecule has 0 heterocycles. The lowest BCUT2D eigenvalue weighted by molar-refractivity contribution is -0.122. The lowest BCUT2D eigenvalue weighted by Crippen LogP contribution is -2.26. The van der Waals surface area contributed by atoms with Crippen LogP contribution >= 0.6 is 0 Å².